The SMILES string of the molecule is COc1cccc(NC(=O)CN(C)C(=O)c2ccc(N)c([N+](=O)[O-])c2)c1. The Hall–Kier alpha value is -3.62. The van der Waals surface area contributed by atoms with E-state index in [4.69, 9.17) is 10.5 Å². The second-order valence-electron chi connectivity index (χ2n) is 5.47. The first kappa shape index (κ1) is 18.7. The number of carbonyl (C=O) groups is 2. The third-order valence-electron chi connectivity index (χ3n) is 3.56. The van der Waals surface area contributed by atoms with Gasteiger partial charge in [0.05, 0.1) is 18.6 Å². The van der Waals surface area contributed by atoms with Crippen molar-refractivity contribution in [2.75, 3.05) is 31.8 Å². The zero-order valence-corrected chi connectivity index (χ0v) is 14.3. The van der Waals surface area contributed by atoms with Gasteiger partial charge in [0.1, 0.15) is 11.4 Å². The molecular weight excluding hydrogens is 340 g/mol. The number of nitrogens with zero attached hydrogens (tertiary/aromatic N) is 2. The third kappa shape index (κ3) is 4.47. The number of anilines is 2. The summed E-state index contributed by atoms with van der Waals surface area (Å²) in [6, 6.07) is 10.5. The molecule has 0 heterocycles. The van der Waals surface area contributed by atoms with Crippen LogP contribution in [0.1, 0.15) is 10.4 Å². The number of nitro groups is 1. The Morgan fingerprint density at radius 2 is 2.00 bits per heavy atom. The number of methoxy groups -OCH3 is 1. The van der Waals surface area contributed by atoms with Crippen LogP contribution in [0.25, 0.3) is 0 Å². The van der Waals surface area contributed by atoms with E-state index in [2.05, 4.69) is 5.32 Å². The van der Waals surface area contributed by atoms with Crippen molar-refractivity contribution in [2.24, 2.45) is 0 Å². The van der Waals surface area contributed by atoms with Crippen molar-refractivity contribution in [3.63, 3.8) is 0 Å². The summed E-state index contributed by atoms with van der Waals surface area (Å²) >= 11 is 0. The highest BCUT2D eigenvalue weighted by Gasteiger charge is 2.19. The molecule has 0 fully saturated rings. The number of benzene rings is 2. The van der Waals surface area contributed by atoms with Crippen LogP contribution in [0, 0.1) is 10.1 Å². The van der Waals surface area contributed by atoms with Crippen LogP contribution in [0.5, 0.6) is 5.75 Å². The maximum absolute atomic E-state index is 12.4. The van der Waals surface area contributed by atoms with Crippen LogP contribution < -0.4 is 15.8 Å². The highest BCUT2D eigenvalue weighted by atomic mass is 16.6. The molecule has 0 aliphatic rings. The molecule has 0 radical (unpaired) electrons. The summed E-state index contributed by atoms with van der Waals surface area (Å²) in [7, 11) is 2.94. The quantitative estimate of drug-likeness (QED) is 0.461. The summed E-state index contributed by atoms with van der Waals surface area (Å²) in [4.78, 5) is 35.9. The number of nitrogens with one attached hydrogen (secondary N) is 1. The van der Waals surface area contributed by atoms with Gasteiger partial charge in [0.2, 0.25) is 5.91 Å². The lowest BCUT2D eigenvalue weighted by Crippen LogP contribution is -2.35. The first-order valence-electron chi connectivity index (χ1n) is 7.55. The van der Waals surface area contributed by atoms with Gasteiger partial charge in [-0.3, -0.25) is 19.7 Å². The Morgan fingerprint density at radius 3 is 2.65 bits per heavy atom. The molecule has 0 aromatic heterocycles. The first-order valence-corrected chi connectivity index (χ1v) is 7.55. The molecule has 0 spiro atoms. The van der Waals surface area contributed by atoms with Crippen LogP contribution in [0.4, 0.5) is 17.1 Å². The van der Waals surface area contributed by atoms with Crippen LogP contribution in [-0.2, 0) is 4.79 Å². The topological polar surface area (TPSA) is 128 Å². The summed E-state index contributed by atoms with van der Waals surface area (Å²) < 4.78 is 5.07. The van der Waals surface area contributed by atoms with E-state index >= 15 is 0 Å². The van der Waals surface area contributed by atoms with Gasteiger partial charge >= 0.3 is 0 Å². The Morgan fingerprint density at radius 1 is 1.27 bits per heavy atom. The second-order valence-corrected chi connectivity index (χ2v) is 5.47. The van der Waals surface area contributed by atoms with E-state index < -0.39 is 16.7 Å². The Bertz CT molecular complexity index is 853. The molecule has 0 atom stereocenters. The average molecular weight is 358 g/mol. The lowest BCUT2D eigenvalue weighted by molar-refractivity contribution is -0.383. The third-order valence-corrected chi connectivity index (χ3v) is 3.56. The summed E-state index contributed by atoms with van der Waals surface area (Å²) in [6.07, 6.45) is 0. The van der Waals surface area contributed by atoms with Gasteiger partial charge in [-0.15, -0.1) is 0 Å². The van der Waals surface area contributed by atoms with Gasteiger partial charge in [-0.05, 0) is 24.3 Å². The van der Waals surface area contributed by atoms with E-state index in [0.29, 0.717) is 11.4 Å². The van der Waals surface area contributed by atoms with Crippen molar-refractivity contribution in [3.05, 3.63) is 58.1 Å². The molecule has 2 aromatic carbocycles. The van der Waals surface area contributed by atoms with Gasteiger partial charge < -0.3 is 20.7 Å². The van der Waals surface area contributed by atoms with Crippen molar-refractivity contribution in [2.45, 2.75) is 0 Å². The van der Waals surface area contributed by atoms with Crippen LogP contribution >= 0.6 is 0 Å². The molecule has 0 bridgehead atoms. The molecule has 0 aliphatic carbocycles. The van der Waals surface area contributed by atoms with Gasteiger partial charge in [0.15, 0.2) is 0 Å². The number of nitrogens with two attached hydrogens (primary N) is 1. The molecule has 2 rings (SSSR count). The number of likely N-dealkylation sites (N-methyl/N-ethyl adjacent to an activating group) is 1. The highest BCUT2D eigenvalue weighted by molar-refractivity contribution is 6.00. The van der Waals surface area contributed by atoms with E-state index in [0.717, 1.165) is 11.0 Å². The predicted molar refractivity (Wildman–Crippen MR) is 96.1 cm³/mol. The number of amides is 2. The smallest absolute Gasteiger partial charge is 0.292 e. The predicted octanol–water partition coefficient (Wildman–Crippen LogP) is 1.90. The van der Waals surface area contributed by atoms with Gasteiger partial charge in [-0.25, -0.2) is 0 Å². The van der Waals surface area contributed by atoms with E-state index in [-0.39, 0.29) is 23.5 Å². The van der Waals surface area contributed by atoms with E-state index in [9.17, 15) is 19.7 Å². The number of rotatable bonds is 6. The zero-order chi connectivity index (χ0) is 19.3. The Labute approximate surface area is 149 Å². The average Bonchev–Trinajstić information content (AvgIpc) is 2.61. The maximum atomic E-state index is 12.4. The van der Waals surface area contributed by atoms with Crippen molar-refractivity contribution in [1.82, 2.24) is 4.90 Å². The standard InChI is InChI=1S/C17H18N4O5/c1-20(10-16(22)19-12-4-3-5-13(9-12)26-2)17(23)11-6-7-14(18)15(8-11)21(24)25/h3-9H,10,18H2,1-2H3,(H,19,22). The Balaban J connectivity index is 2.05. The summed E-state index contributed by atoms with van der Waals surface area (Å²) in [5.74, 6) is -0.366. The zero-order valence-electron chi connectivity index (χ0n) is 14.3. The number of hydrogen-bond donors (Lipinski definition) is 2. The lowest BCUT2D eigenvalue weighted by Gasteiger charge is -2.17. The number of nitrogen functional groups attached to an aromatic ring is 1. The van der Waals surface area contributed by atoms with Crippen molar-refractivity contribution < 1.29 is 19.2 Å². The molecule has 9 nitrogen and oxygen atoms in total. The van der Waals surface area contributed by atoms with E-state index in [1.165, 1.54) is 26.3 Å². The van der Waals surface area contributed by atoms with E-state index in [1.807, 2.05) is 0 Å². The molecule has 3 N–H and O–H groups in total. The fourth-order valence-electron chi connectivity index (χ4n) is 2.24. The maximum Gasteiger partial charge on any atom is 0.292 e. The van der Waals surface area contributed by atoms with Crippen LogP contribution in [0.2, 0.25) is 0 Å². The number of hydrogen-bond acceptors (Lipinski definition) is 6. The van der Waals surface area contributed by atoms with Crippen LogP contribution in [-0.4, -0.2) is 42.3 Å². The minimum Gasteiger partial charge on any atom is -0.497 e. The number of nitro benzene ring substituents is 1. The number of carbonyl (C=O) groups excluding carboxylic acids is 2. The first-order chi connectivity index (χ1) is 12.3. The largest absolute Gasteiger partial charge is 0.497 e. The van der Waals surface area contributed by atoms with Gasteiger partial charge in [-0.2, -0.15) is 0 Å². The lowest BCUT2D eigenvalue weighted by atomic mass is 10.1. The second kappa shape index (κ2) is 7.97. The monoisotopic (exact) mass is 358 g/mol. The summed E-state index contributed by atoms with van der Waals surface area (Å²) in [6.45, 7) is -0.228. The Kier molecular flexibility index (Phi) is 5.74. The molecule has 2 aromatic rings. The highest BCUT2D eigenvalue weighted by Crippen LogP contribution is 2.23. The molecular formula is C17H18N4O5. The van der Waals surface area contributed by atoms with Crippen LogP contribution in [0.15, 0.2) is 42.5 Å². The van der Waals surface area contributed by atoms with Crippen molar-refractivity contribution in [1.29, 1.82) is 0 Å². The van der Waals surface area contributed by atoms with Crippen molar-refractivity contribution in [3.8, 4) is 5.75 Å². The molecule has 0 saturated heterocycles. The van der Waals surface area contributed by atoms with Crippen molar-refractivity contribution >= 4 is 28.9 Å². The van der Waals surface area contributed by atoms with Gasteiger partial charge in [-0.1, -0.05) is 6.07 Å². The summed E-state index contributed by atoms with van der Waals surface area (Å²) in [5, 5.41) is 13.6. The van der Waals surface area contributed by atoms with E-state index in [1.54, 1.807) is 24.3 Å². The summed E-state index contributed by atoms with van der Waals surface area (Å²) in [5.41, 5.74) is 5.72. The molecule has 9 heteroatoms. The fourth-order valence-corrected chi connectivity index (χ4v) is 2.24. The molecule has 0 aliphatic heterocycles. The molecule has 2 amide bonds. The number of ether oxygens (including phenoxy) is 1. The molecule has 136 valence electrons. The molecule has 26 heavy (non-hydrogen) atoms. The van der Waals surface area contributed by atoms with Gasteiger partial charge in [0, 0.05) is 30.4 Å². The molecule has 0 unspecified atom stereocenters. The normalized spacial score (nSPS) is 10.1. The minimum absolute atomic E-state index is 0.0371. The minimum atomic E-state index is -0.665. The van der Waals surface area contributed by atoms with Gasteiger partial charge in [0.25, 0.3) is 11.6 Å². The van der Waals surface area contributed by atoms with Crippen LogP contribution in [0.3, 0.4) is 0 Å². The fraction of sp³-hybridized carbons (Fsp3) is 0.176. The molecule has 0 saturated carbocycles.